The van der Waals surface area contributed by atoms with Crippen LogP contribution < -0.4 is 5.32 Å². The van der Waals surface area contributed by atoms with Gasteiger partial charge >= 0.3 is 0 Å². The van der Waals surface area contributed by atoms with Crippen molar-refractivity contribution in [2.45, 2.75) is 27.2 Å². The van der Waals surface area contributed by atoms with Crippen LogP contribution in [0, 0.1) is 0 Å². The van der Waals surface area contributed by atoms with Crippen LogP contribution in [-0.2, 0) is 14.3 Å². The van der Waals surface area contributed by atoms with Crippen molar-refractivity contribution < 1.29 is 14.3 Å². The minimum atomic E-state index is 0.162. The summed E-state index contributed by atoms with van der Waals surface area (Å²) < 4.78 is 10.6. The predicted octanol–water partition coefficient (Wildman–Crippen LogP) is 0.888. The average Bonchev–Trinajstić information content (AvgIpc) is 2.37. The van der Waals surface area contributed by atoms with Crippen LogP contribution in [0.3, 0.4) is 0 Å². The Morgan fingerprint density at radius 1 is 1.06 bits per heavy atom. The fourth-order valence-electron chi connectivity index (χ4n) is 1.53. The molecule has 18 heavy (non-hydrogen) atoms. The lowest BCUT2D eigenvalue weighted by Crippen LogP contribution is -2.38. The maximum atomic E-state index is 12.0. The fourth-order valence-corrected chi connectivity index (χ4v) is 1.53. The molecule has 0 spiro atoms. The minimum absolute atomic E-state index is 0.162. The zero-order valence-electron chi connectivity index (χ0n) is 12.0. The van der Waals surface area contributed by atoms with Gasteiger partial charge in [0.25, 0.3) is 0 Å². The molecule has 0 aromatic heterocycles. The Labute approximate surface area is 111 Å². The molecule has 0 unspecified atom stereocenters. The van der Waals surface area contributed by atoms with Crippen LogP contribution in [0.15, 0.2) is 0 Å². The average molecular weight is 260 g/mol. The molecule has 0 saturated heterocycles. The molecular formula is C13H28N2O3. The Hall–Kier alpha value is -0.650. The van der Waals surface area contributed by atoms with Gasteiger partial charge in [-0.05, 0) is 20.4 Å². The van der Waals surface area contributed by atoms with Crippen LogP contribution in [0.1, 0.15) is 27.2 Å². The van der Waals surface area contributed by atoms with Gasteiger partial charge in [-0.15, -0.1) is 0 Å². The van der Waals surface area contributed by atoms with E-state index in [0.29, 0.717) is 45.9 Å². The molecule has 108 valence electrons. The van der Waals surface area contributed by atoms with E-state index >= 15 is 0 Å². The molecule has 0 atom stereocenters. The molecule has 1 N–H and O–H groups in total. The summed E-state index contributed by atoms with van der Waals surface area (Å²) in [6.07, 6.45) is 0.534. The van der Waals surface area contributed by atoms with Gasteiger partial charge in [0.2, 0.25) is 5.91 Å². The fraction of sp³-hybridized carbons (Fsp3) is 0.923. The highest BCUT2D eigenvalue weighted by Crippen LogP contribution is 1.95. The van der Waals surface area contributed by atoms with Crippen LogP contribution in [0.5, 0.6) is 0 Å². The number of amides is 1. The van der Waals surface area contributed by atoms with E-state index in [1.54, 1.807) is 0 Å². The topological polar surface area (TPSA) is 50.8 Å². The smallest absolute Gasteiger partial charge is 0.224 e. The summed E-state index contributed by atoms with van der Waals surface area (Å²) in [4.78, 5) is 13.8. The lowest BCUT2D eigenvalue weighted by Gasteiger charge is -2.22. The van der Waals surface area contributed by atoms with E-state index in [1.165, 1.54) is 0 Å². The van der Waals surface area contributed by atoms with E-state index in [0.717, 1.165) is 13.1 Å². The van der Waals surface area contributed by atoms with Gasteiger partial charge in [-0.3, -0.25) is 4.79 Å². The lowest BCUT2D eigenvalue weighted by atomic mass is 10.3. The van der Waals surface area contributed by atoms with Gasteiger partial charge < -0.3 is 19.7 Å². The Morgan fingerprint density at radius 2 is 1.61 bits per heavy atom. The molecule has 1 amide bonds. The van der Waals surface area contributed by atoms with E-state index in [4.69, 9.17) is 9.47 Å². The second-order valence-electron chi connectivity index (χ2n) is 3.88. The largest absolute Gasteiger partial charge is 0.380 e. The summed E-state index contributed by atoms with van der Waals surface area (Å²) in [5.74, 6) is 0.162. The zero-order valence-corrected chi connectivity index (χ0v) is 12.0. The molecule has 0 saturated carbocycles. The molecule has 0 radical (unpaired) electrons. The predicted molar refractivity (Wildman–Crippen MR) is 72.7 cm³/mol. The first-order chi connectivity index (χ1) is 8.76. The van der Waals surface area contributed by atoms with Gasteiger partial charge in [-0.1, -0.05) is 6.92 Å². The summed E-state index contributed by atoms with van der Waals surface area (Å²) in [5, 5.41) is 3.16. The van der Waals surface area contributed by atoms with Crippen molar-refractivity contribution in [3.8, 4) is 0 Å². The molecule has 0 rings (SSSR count). The zero-order chi connectivity index (χ0) is 13.6. The van der Waals surface area contributed by atoms with E-state index in [9.17, 15) is 4.79 Å². The maximum Gasteiger partial charge on any atom is 0.224 e. The highest BCUT2D eigenvalue weighted by atomic mass is 16.5. The van der Waals surface area contributed by atoms with E-state index in [-0.39, 0.29) is 5.91 Å². The first-order valence-electron chi connectivity index (χ1n) is 6.90. The summed E-state index contributed by atoms with van der Waals surface area (Å²) in [6, 6.07) is 0. The van der Waals surface area contributed by atoms with Gasteiger partial charge in [-0.25, -0.2) is 0 Å². The number of nitrogens with zero attached hydrogens (tertiary/aromatic N) is 1. The molecule has 0 aliphatic rings. The van der Waals surface area contributed by atoms with Crippen LogP contribution in [0.4, 0.5) is 0 Å². The normalized spacial score (nSPS) is 10.6. The molecule has 0 heterocycles. The van der Waals surface area contributed by atoms with Gasteiger partial charge in [0.05, 0.1) is 13.2 Å². The van der Waals surface area contributed by atoms with Crippen molar-refractivity contribution in [1.29, 1.82) is 0 Å². The van der Waals surface area contributed by atoms with E-state index < -0.39 is 0 Å². The number of nitrogens with one attached hydrogen (secondary N) is 1. The summed E-state index contributed by atoms with van der Waals surface area (Å²) in [6.45, 7) is 11.4. The quantitative estimate of drug-likeness (QED) is 0.529. The van der Waals surface area contributed by atoms with Gasteiger partial charge in [0.1, 0.15) is 0 Å². The third kappa shape index (κ3) is 9.39. The van der Waals surface area contributed by atoms with Gasteiger partial charge in [-0.2, -0.15) is 0 Å². The molecule has 0 aromatic rings. The molecule has 0 bridgehead atoms. The molecule has 0 aliphatic heterocycles. The van der Waals surface area contributed by atoms with Crippen LogP contribution in [-0.4, -0.2) is 63.4 Å². The van der Waals surface area contributed by atoms with E-state index in [2.05, 4.69) is 5.32 Å². The van der Waals surface area contributed by atoms with Gasteiger partial charge in [0.15, 0.2) is 0 Å². The molecule has 0 aliphatic carbocycles. The highest BCUT2D eigenvalue weighted by Gasteiger charge is 2.12. The highest BCUT2D eigenvalue weighted by molar-refractivity contribution is 5.76. The molecule has 0 aromatic carbocycles. The molecular weight excluding hydrogens is 232 g/mol. The molecule has 0 fully saturated rings. The standard InChI is InChI=1S/C13H28N2O3/c1-4-14-8-7-13(16)15(9-11-17-5-2)10-12-18-6-3/h14H,4-12H2,1-3H3. The van der Waals surface area contributed by atoms with Crippen LogP contribution in [0.2, 0.25) is 0 Å². The Balaban J connectivity index is 3.95. The summed E-state index contributed by atoms with van der Waals surface area (Å²) in [5.41, 5.74) is 0. The number of hydrogen-bond acceptors (Lipinski definition) is 4. The Morgan fingerprint density at radius 3 is 2.06 bits per heavy atom. The first-order valence-corrected chi connectivity index (χ1v) is 6.90. The summed E-state index contributed by atoms with van der Waals surface area (Å²) in [7, 11) is 0. The number of ether oxygens (including phenoxy) is 2. The van der Waals surface area contributed by atoms with Crippen molar-refractivity contribution in [2.24, 2.45) is 0 Å². The second-order valence-corrected chi connectivity index (χ2v) is 3.88. The van der Waals surface area contributed by atoms with Gasteiger partial charge in [0, 0.05) is 39.3 Å². The monoisotopic (exact) mass is 260 g/mol. The van der Waals surface area contributed by atoms with Crippen molar-refractivity contribution in [3.05, 3.63) is 0 Å². The van der Waals surface area contributed by atoms with E-state index in [1.807, 2.05) is 25.7 Å². The first kappa shape index (κ1) is 17.4. The van der Waals surface area contributed by atoms with Crippen molar-refractivity contribution in [3.63, 3.8) is 0 Å². The third-order valence-corrected chi connectivity index (χ3v) is 2.54. The Bertz CT molecular complexity index is 191. The van der Waals surface area contributed by atoms with Crippen molar-refractivity contribution in [2.75, 3.05) is 52.6 Å². The van der Waals surface area contributed by atoms with Crippen molar-refractivity contribution in [1.82, 2.24) is 10.2 Å². The SMILES string of the molecule is CCNCCC(=O)N(CCOCC)CCOCC. The molecule has 5 nitrogen and oxygen atoms in total. The number of rotatable bonds is 12. The third-order valence-electron chi connectivity index (χ3n) is 2.54. The molecule has 5 heteroatoms. The van der Waals surface area contributed by atoms with Crippen LogP contribution >= 0.6 is 0 Å². The lowest BCUT2D eigenvalue weighted by molar-refractivity contribution is -0.132. The Kier molecular flexibility index (Phi) is 12.3. The van der Waals surface area contributed by atoms with Crippen molar-refractivity contribution >= 4 is 5.91 Å². The minimum Gasteiger partial charge on any atom is -0.380 e. The number of carbonyl (C=O) groups is 1. The second kappa shape index (κ2) is 12.8. The maximum absolute atomic E-state index is 12.0. The van der Waals surface area contributed by atoms with Crippen LogP contribution in [0.25, 0.3) is 0 Å². The number of hydrogen-bond donors (Lipinski definition) is 1. The summed E-state index contributed by atoms with van der Waals surface area (Å²) >= 11 is 0. The number of carbonyl (C=O) groups excluding carboxylic acids is 1.